The fourth-order valence-electron chi connectivity index (χ4n) is 15.0. The Labute approximate surface area is 556 Å². The minimum absolute atomic E-state index is 0.317. The van der Waals surface area contributed by atoms with Crippen LogP contribution in [0.4, 0.5) is 0 Å². The molecule has 94 heavy (non-hydrogen) atoms. The van der Waals surface area contributed by atoms with Crippen LogP contribution in [-0.2, 0) is 9.31 Å². The van der Waals surface area contributed by atoms with Gasteiger partial charge in [-0.2, -0.15) is 0 Å². The Kier molecular flexibility index (Phi) is 14.0. The molecule has 19 rings (SSSR count). The summed E-state index contributed by atoms with van der Waals surface area (Å²) < 4.78 is 13.4. The van der Waals surface area contributed by atoms with Crippen LogP contribution in [0.2, 0.25) is 0 Å². The lowest BCUT2D eigenvalue weighted by molar-refractivity contribution is 0.00578. The molecule has 1 fully saturated rings. The molecular formula is C88H62BBrN2O2. The topological polar surface area (TPSA) is 44.2 Å². The minimum Gasteiger partial charge on any atom is -0.399 e. The summed E-state index contributed by atoms with van der Waals surface area (Å²) in [4.78, 5) is 9.02. The number of hydrogen-bond donors (Lipinski definition) is 0. The number of para-hydroxylation sites is 2. The van der Waals surface area contributed by atoms with Gasteiger partial charge in [0.05, 0.1) is 22.2 Å². The number of rotatable bonds is 6. The molecule has 0 amide bonds. The van der Waals surface area contributed by atoms with E-state index in [0.717, 1.165) is 26.4 Å². The second-order valence-electron chi connectivity index (χ2n) is 25.6. The van der Waals surface area contributed by atoms with Crippen molar-refractivity contribution in [3.8, 4) is 100 Å². The van der Waals surface area contributed by atoms with E-state index in [0.29, 0.717) is 0 Å². The lowest BCUT2D eigenvalue weighted by Crippen LogP contribution is -2.41. The summed E-state index contributed by atoms with van der Waals surface area (Å²) >= 11 is 3.81. The maximum Gasteiger partial charge on any atom is 0.495 e. The maximum absolute atomic E-state index is 6.11. The van der Waals surface area contributed by atoms with Gasteiger partial charge in [0.15, 0.2) is 0 Å². The molecular weight excluding hydrogens is 1210 g/mol. The highest BCUT2D eigenvalue weighted by Crippen LogP contribution is 2.60. The van der Waals surface area contributed by atoms with Crippen LogP contribution in [0.5, 0.6) is 0 Å². The molecule has 2 aliphatic carbocycles. The molecule has 0 N–H and O–H groups in total. The number of pyridine rings is 2. The van der Waals surface area contributed by atoms with Gasteiger partial charge in [-0.3, -0.25) is 9.97 Å². The SMILES string of the molecule is Brc1ccc2c3c(cccc13)-c1c-2c(-c2ccccc2)c2ccccc2c1-c1ccccc1.CC1(C)OB(c2ccnc3ccccc23)OC1(C)C.c1ccc(-c2c3c(c(-c4ccccc4)c4ccccc24)-c2ccc(-c4ccnc5ccccc45)c4cccc-3c24)cc1. The van der Waals surface area contributed by atoms with Crippen molar-refractivity contribution in [1.82, 2.24) is 9.97 Å². The zero-order chi connectivity index (χ0) is 63.2. The third kappa shape index (κ3) is 9.26. The molecule has 0 bridgehead atoms. The van der Waals surface area contributed by atoms with Crippen molar-refractivity contribution in [2.24, 2.45) is 0 Å². The van der Waals surface area contributed by atoms with Crippen LogP contribution in [0, 0.1) is 0 Å². The quantitative estimate of drug-likeness (QED) is 0.156. The second kappa shape index (κ2) is 22.9. The van der Waals surface area contributed by atoms with Crippen LogP contribution in [0.25, 0.3) is 165 Å². The third-order valence-corrected chi connectivity index (χ3v) is 20.6. The Morgan fingerprint density at radius 3 is 1.04 bits per heavy atom. The number of hydrogen-bond acceptors (Lipinski definition) is 4. The molecule has 4 nitrogen and oxygen atoms in total. The summed E-state index contributed by atoms with van der Waals surface area (Å²) in [7, 11) is -0.335. The van der Waals surface area contributed by atoms with Crippen LogP contribution >= 0.6 is 15.9 Å². The first kappa shape index (κ1) is 57.3. The summed E-state index contributed by atoms with van der Waals surface area (Å²) in [5.41, 5.74) is 25.7. The molecule has 0 atom stereocenters. The van der Waals surface area contributed by atoms with Gasteiger partial charge in [0.1, 0.15) is 0 Å². The molecule has 3 heterocycles. The summed E-state index contributed by atoms with van der Waals surface area (Å²) in [6.07, 6.45) is 3.74. The van der Waals surface area contributed by atoms with Gasteiger partial charge in [-0.1, -0.05) is 277 Å². The first-order valence-corrected chi connectivity index (χ1v) is 33.1. The largest absolute Gasteiger partial charge is 0.495 e. The van der Waals surface area contributed by atoms with Gasteiger partial charge in [-0.25, -0.2) is 0 Å². The Morgan fingerprint density at radius 2 is 0.585 bits per heavy atom. The van der Waals surface area contributed by atoms with Crippen molar-refractivity contribution < 1.29 is 9.31 Å². The number of fused-ring (bicyclic) bond motifs is 10. The van der Waals surface area contributed by atoms with Crippen LogP contribution < -0.4 is 5.46 Å². The van der Waals surface area contributed by atoms with Gasteiger partial charge in [0, 0.05) is 22.3 Å². The predicted molar refractivity (Wildman–Crippen MR) is 399 cm³/mol. The highest BCUT2D eigenvalue weighted by molar-refractivity contribution is 9.10. The molecule has 446 valence electrons. The molecule has 16 aromatic rings. The molecule has 1 aliphatic heterocycles. The van der Waals surface area contributed by atoms with Crippen molar-refractivity contribution in [1.29, 1.82) is 0 Å². The van der Waals surface area contributed by atoms with E-state index in [1.54, 1.807) is 0 Å². The van der Waals surface area contributed by atoms with Crippen molar-refractivity contribution in [3.05, 3.63) is 308 Å². The summed E-state index contributed by atoms with van der Waals surface area (Å²) in [5, 5.41) is 12.6. The molecule has 14 aromatic carbocycles. The predicted octanol–water partition coefficient (Wildman–Crippen LogP) is 23.5. The Bertz CT molecular complexity index is 5490. The van der Waals surface area contributed by atoms with Crippen molar-refractivity contribution >= 4 is 93.4 Å². The Hall–Kier alpha value is -10.6. The monoisotopic (exact) mass is 1270 g/mol. The highest BCUT2D eigenvalue weighted by atomic mass is 79.9. The molecule has 0 unspecified atom stereocenters. The van der Waals surface area contributed by atoms with Gasteiger partial charge in [0.2, 0.25) is 0 Å². The van der Waals surface area contributed by atoms with Crippen LogP contribution in [0.15, 0.2) is 308 Å². The molecule has 2 aromatic heterocycles. The van der Waals surface area contributed by atoms with E-state index in [9.17, 15) is 0 Å². The van der Waals surface area contributed by atoms with Gasteiger partial charge < -0.3 is 9.31 Å². The highest BCUT2D eigenvalue weighted by Gasteiger charge is 2.52. The van der Waals surface area contributed by atoms with E-state index < -0.39 is 0 Å². The van der Waals surface area contributed by atoms with E-state index in [1.165, 1.54) is 149 Å². The van der Waals surface area contributed by atoms with Crippen molar-refractivity contribution in [3.63, 3.8) is 0 Å². The smallest absolute Gasteiger partial charge is 0.399 e. The lowest BCUT2D eigenvalue weighted by Gasteiger charge is -2.32. The number of aromatic nitrogens is 2. The summed E-state index contributed by atoms with van der Waals surface area (Å²) in [5.74, 6) is 0. The molecule has 0 saturated carbocycles. The Balaban J connectivity index is 0.000000115. The van der Waals surface area contributed by atoms with Crippen molar-refractivity contribution in [2.75, 3.05) is 0 Å². The first-order chi connectivity index (χ1) is 46.1. The minimum atomic E-state index is -0.335. The molecule has 3 aliphatic rings. The molecule has 1 saturated heterocycles. The average molecular weight is 1270 g/mol. The zero-order valence-corrected chi connectivity index (χ0v) is 54.1. The van der Waals surface area contributed by atoms with Crippen LogP contribution in [0.1, 0.15) is 27.7 Å². The maximum atomic E-state index is 6.11. The van der Waals surface area contributed by atoms with Crippen LogP contribution in [0.3, 0.4) is 0 Å². The fraction of sp³-hybridized carbons (Fsp3) is 0.0682. The van der Waals surface area contributed by atoms with Crippen molar-refractivity contribution in [2.45, 2.75) is 38.9 Å². The van der Waals surface area contributed by atoms with Gasteiger partial charge in [-0.05, 0) is 212 Å². The van der Waals surface area contributed by atoms with Gasteiger partial charge in [-0.15, -0.1) is 0 Å². The lowest BCUT2D eigenvalue weighted by atomic mass is 9.77. The second-order valence-corrected chi connectivity index (χ2v) is 26.5. The fourth-order valence-corrected chi connectivity index (χ4v) is 15.5. The van der Waals surface area contributed by atoms with E-state index >= 15 is 0 Å². The Morgan fingerprint density at radius 1 is 0.266 bits per heavy atom. The number of benzene rings is 14. The normalized spacial score (nSPS) is 13.6. The molecule has 6 heteroatoms. The third-order valence-electron chi connectivity index (χ3n) is 19.9. The molecule has 0 spiro atoms. The van der Waals surface area contributed by atoms with E-state index in [2.05, 4.69) is 321 Å². The zero-order valence-electron chi connectivity index (χ0n) is 52.5. The van der Waals surface area contributed by atoms with Gasteiger partial charge >= 0.3 is 7.12 Å². The number of nitrogens with zero attached hydrogens (tertiary/aromatic N) is 2. The summed E-state index contributed by atoms with van der Waals surface area (Å²) in [6, 6.07) is 105. The number of halogens is 1. The van der Waals surface area contributed by atoms with E-state index in [1.807, 2.05) is 36.7 Å². The summed E-state index contributed by atoms with van der Waals surface area (Å²) in [6.45, 7) is 8.26. The first-order valence-electron chi connectivity index (χ1n) is 32.3. The van der Waals surface area contributed by atoms with Crippen LogP contribution in [-0.4, -0.2) is 28.3 Å². The van der Waals surface area contributed by atoms with E-state index in [4.69, 9.17) is 9.31 Å². The molecule has 0 radical (unpaired) electrons. The van der Waals surface area contributed by atoms with E-state index in [-0.39, 0.29) is 18.3 Å². The van der Waals surface area contributed by atoms with Gasteiger partial charge in [0.25, 0.3) is 0 Å². The standard InChI is InChI=1S/C41H25N.C32H19Br.C15H18BNO2/c1-3-12-26(13-4-1)37-32-17-7-8-18-33(32)38(27-14-5-2-6-15-27)41-35-23-22-28(31-19-11-20-34(39(31)35)40(37)41)29-24-25-42-36-21-10-9-16-30(29)36;33-27-19-18-26-30-24(27)16-9-17-25(30)31-28(20-10-3-1-4-11-20)22-14-7-8-15-23(22)29(32(26)31)21-12-5-2-6-13-21;1-14(2)15(3,4)19-16(18-14)12-9-10-17-13-8-6-5-7-11(12)13/h1-25H;1-19H;5-10H,1-4H3. The average Bonchev–Trinajstić information content (AvgIpc) is 1.53.